The number of aromatic nitrogens is 2. The molecule has 2 heterocycles. The molecule has 1 spiro atoms. The number of carbonyl (C=O) groups is 1. The van der Waals surface area contributed by atoms with Crippen LogP contribution in [0.4, 0.5) is 29.6 Å². The predicted molar refractivity (Wildman–Crippen MR) is 124 cm³/mol. The van der Waals surface area contributed by atoms with Crippen LogP contribution in [0, 0.1) is 0 Å². The fraction of sp³-hybridized carbons (Fsp3) is 0.320. The number of hydrogen-bond donors (Lipinski definition) is 2. The normalized spacial score (nSPS) is 16.5. The highest BCUT2D eigenvalue weighted by Gasteiger charge is 2.42. The van der Waals surface area contributed by atoms with E-state index in [0.717, 1.165) is 48.2 Å². The molecule has 1 aromatic heterocycles. The van der Waals surface area contributed by atoms with Gasteiger partial charge in [-0.05, 0) is 48.6 Å². The lowest BCUT2D eigenvalue weighted by Crippen LogP contribution is -2.48. The summed E-state index contributed by atoms with van der Waals surface area (Å²) in [4.78, 5) is 23.6. The summed E-state index contributed by atoms with van der Waals surface area (Å²) >= 11 is 0. The van der Waals surface area contributed by atoms with E-state index in [0.29, 0.717) is 19.0 Å². The summed E-state index contributed by atoms with van der Waals surface area (Å²) in [5, 5.41) is 5.62. The zero-order chi connectivity index (χ0) is 23.9. The highest BCUT2D eigenvalue weighted by Crippen LogP contribution is 2.48. The Labute approximate surface area is 195 Å². The highest BCUT2D eigenvalue weighted by atomic mass is 19.4. The van der Waals surface area contributed by atoms with Crippen LogP contribution >= 0.6 is 0 Å². The molecule has 2 aromatic carbocycles. The summed E-state index contributed by atoms with van der Waals surface area (Å²) in [7, 11) is 1.79. The zero-order valence-electron chi connectivity index (χ0n) is 18.6. The van der Waals surface area contributed by atoms with E-state index in [2.05, 4.69) is 32.7 Å². The molecule has 6 nitrogen and oxygen atoms in total. The lowest BCUT2D eigenvalue weighted by molar-refractivity contribution is -0.137. The zero-order valence-corrected chi connectivity index (χ0v) is 18.6. The van der Waals surface area contributed by atoms with Gasteiger partial charge in [0.2, 0.25) is 5.95 Å². The molecule has 2 aliphatic rings. The molecule has 2 N–H and O–H groups in total. The second-order valence-electron chi connectivity index (χ2n) is 8.82. The number of fused-ring (bicyclic) bond motifs is 4. The van der Waals surface area contributed by atoms with Crippen molar-refractivity contribution >= 4 is 17.7 Å². The van der Waals surface area contributed by atoms with Crippen LogP contribution in [0.15, 0.2) is 54.7 Å². The molecule has 1 aliphatic heterocycles. The van der Waals surface area contributed by atoms with E-state index in [1.54, 1.807) is 11.9 Å². The minimum atomic E-state index is -4.46. The number of benzene rings is 2. The van der Waals surface area contributed by atoms with Crippen LogP contribution in [0.1, 0.15) is 29.5 Å². The molecule has 176 valence electrons. The van der Waals surface area contributed by atoms with E-state index in [4.69, 9.17) is 0 Å². The number of anilines is 2. The standard InChI is InChI=1S/C25H24F3N5O/c1-29-22-30-15-16-14-24(20-8-3-2-7-19(20)21(16)32-22)9-11-33(12-10-24)23(34)31-18-6-4-5-17(13-18)25(26,27)28/h2-8,13,15H,9-12,14H2,1H3,(H,31,34)(H,29,30,32). The number of alkyl halides is 3. The second kappa shape index (κ2) is 8.30. The van der Waals surface area contributed by atoms with Crippen LogP contribution in [-0.2, 0) is 18.0 Å². The maximum atomic E-state index is 13.0. The number of carbonyl (C=O) groups excluding carboxylic acids is 1. The average Bonchev–Trinajstić information content (AvgIpc) is 2.84. The van der Waals surface area contributed by atoms with Gasteiger partial charge >= 0.3 is 12.2 Å². The highest BCUT2D eigenvalue weighted by molar-refractivity contribution is 5.89. The molecular weight excluding hydrogens is 443 g/mol. The fourth-order valence-corrected chi connectivity index (χ4v) is 5.06. The Morgan fingerprint density at radius 1 is 1.09 bits per heavy atom. The van der Waals surface area contributed by atoms with Crippen molar-refractivity contribution in [2.45, 2.75) is 30.9 Å². The summed E-state index contributed by atoms with van der Waals surface area (Å²) in [5.41, 5.74) is 3.54. The number of halogens is 3. The Bertz CT molecular complexity index is 1240. The first kappa shape index (κ1) is 22.2. The molecule has 9 heteroatoms. The van der Waals surface area contributed by atoms with Gasteiger partial charge in [-0.2, -0.15) is 13.2 Å². The first-order valence-electron chi connectivity index (χ1n) is 11.2. The van der Waals surface area contributed by atoms with Crippen molar-refractivity contribution < 1.29 is 18.0 Å². The number of rotatable bonds is 2. The van der Waals surface area contributed by atoms with E-state index in [1.165, 1.54) is 17.7 Å². The minimum Gasteiger partial charge on any atom is -0.357 e. The Morgan fingerprint density at radius 3 is 2.59 bits per heavy atom. The Morgan fingerprint density at radius 2 is 1.85 bits per heavy atom. The molecule has 34 heavy (non-hydrogen) atoms. The summed E-state index contributed by atoms with van der Waals surface area (Å²) in [6.07, 6.45) is -0.313. The monoisotopic (exact) mass is 467 g/mol. The maximum absolute atomic E-state index is 13.0. The van der Waals surface area contributed by atoms with Gasteiger partial charge in [0, 0.05) is 43.0 Å². The van der Waals surface area contributed by atoms with E-state index in [1.807, 2.05) is 18.3 Å². The first-order valence-corrected chi connectivity index (χ1v) is 11.2. The predicted octanol–water partition coefficient (Wildman–Crippen LogP) is 5.33. The van der Waals surface area contributed by atoms with Crippen molar-refractivity contribution in [2.75, 3.05) is 30.8 Å². The molecule has 1 saturated heterocycles. The summed E-state index contributed by atoms with van der Waals surface area (Å²) in [6, 6.07) is 12.6. The van der Waals surface area contributed by atoms with Crippen molar-refractivity contribution in [2.24, 2.45) is 0 Å². The van der Waals surface area contributed by atoms with Gasteiger partial charge < -0.3 is 15.5 Å². The van der Waals surface area contributed by atoms with Crippen molar-refractivity contribution in [3.63, 3.8) is 0 Å². The number of piperidine rings is 1. The van der Waals surface area contributed by atoms with Crippen LogP contribution in [0.5, 0.6) is 0 Å². The SMILES string of the molecule is CNc1ncc2c(n1)-c1ccccc1C1(CCN(C(=O)Nc3cccc(C(F)(F)F)c3)CC1)C2. The van der Waals surface area contributed by atoms with Crippen molar-refractivity contribution in [3.05, 3.63) is 71.4 Å². The number of hydrogen-bond acceptors (Lipinski definition) is 4. The van der Waals surface area contributed by atoms with Gasteiger partial charge in [-0.3, -0.25) is 0 Å². The molecule has 0 radical (unpaired) electrons. The molecule has 3 aromatic rings. The lowest BCUT2D eigenvalue weighted by atomic mass is 9.64. The van der Waals surface area contributed by atoms with Crippen LogP contribution in [0.25, 0.3) is 11.3 Å². The van der Waals surface area contributed by atoms with Gasteiger partial charge in [0.1, 0.15) is 0 Å². The molecule has 1 aliphatic carbocycles. The van der Waals surface area contributed by atoms with Crippen molar-refractivity contribution in [1.82, 2.24) is 14.9 Å². The summed E-state index contributed by atoms with van der Waals surface area (Å²) in [6.45, 7) is 1.01. The Kier molecular flexibility index (Phi) is 5.42. The molecule has 5 rings (SSSR count). The van der Waals surface area contributed by atoms with E-state index in [9.17, 15) is 18.0 Å². The topological polar surface area (TPSA) is 70.2 Å². The minimum absolute atomic E-state index is 0.134. The maximum Gasteiger partial charge on any atom is 0.416 e. The number of likely N-dealkylation sites (tertiary alicyclic amines) is 1. The van der Waals surface area contributed by atoms with Crippen LogP contribution in [0.2, 0.25) is 0 Å². The fourth-order valence-electron chi connectivity index (χ4n) is 5.06. The molecule has 0 atom stereocenters. The third kappa shape index (κ3) is 3.95. The summed E-state index contributed by atoms with van der Waals surface area (Å²) < 4.78 is 39.0. The average molecular weight is 467 g/mol. The molecular formula is C25H24F3N5O. The molecule has 1 fully saturated rings. The third-order valence-electron chi connectivity index (χ3n) is 6.82. The van der Waals surface area contributed by atoms with E-state index in [-0.39, 0.29) is 17.1 Å². The molecule has 2 amide bonds. The van der Waals surface area contributed by atoms with Crippen molar-refractivity contribution in [3.8, 4) is 11.3 Å². The van der Waals surface area contributed by atoms with Crippen LogP contribution in [-0.4, -0.2) is 41.0 Å². The number of urea groups is 1. The Balaban J connectivity index is 1.34. The number of nitrogens with zero attached hydrogens (tertiary/aromatic N) is 3. The van der Waals surface area contributed by atoms with E-state index >= 15 is 0 Å². The molecule has 0 saturated carbocycles. The summed E-state index contributed by atoms with van der Waals surface area (Å²) in [5.74, 6) is 0.575. The lowest BCUT2D eigenvalue weighted by Gasteiger charge is -2.45. The van der Waals surface area contributed by atoms with Gasteiger partial charge in [0.05, 0.1) is 11.3 Å². The molecule has 0 unspecified atom stereocenters. The quantitative estimate of drug-likeness (QED) is 0.535. The number of amides is 2. The first-order chi connectivity index (χ1) is 16.3. The van der Waals surface area contributed by atoms with Gasteiger partial charge in [0.15, 0.2) is 0 Å². The largest absolute Gasteiger partial charge is 0.416 e. The van der Waals surface area contributed by atoms with Crippen LogP contribution in [0.3, 0.4) is 0 Å². The van der Waals surface area contributed by atoms with Gasteiger partial charge in [0.25, 0.3) is 0 Å². The van der Waals surface area contributed by atoms with E-state index < -0.39 is 11.7 Å². The second-order valence-corrected chi connectivity index (χ2v) is 8.82. The number of nitrogens with one attached hydrogen (secondary N) is 2. The van der Waals surface area contributed by atoms with Gasteiger partial charge in [-0.15, -0.1) is 0 Å². The third-order valence-corrected chi connectivity index (χ3v) is 6.82. The smallest absolute Gasteiger partial charge is 0.357 e. The Hall–Kier alpha value is -3.62. The molecule has 0 bridgehead atoms. The van der Waals surface area contributed by atoms with Gasteiger partial charge in [-0.1, -0.05) is 30.3 Å². The van der Waals surface area contributed by atoms with Crippen LogP contribution < -0.4 is 10.6 Å². The van der Waals surface area contributed by atoms with Gasteiger partial charge in [-0.25, -0.2) is 14.8 Å². The van der Waals surface area contributed by atoms with Crippen molar-refractivity contribution in [1.29, 1.82) is 0 Å².